The minimum absolute atomic E-state index is 0.350. The van der Waals surface area contributed by atoms with Crippen LogP contribution in [-0.4, -0.2) is 57.3 Å². The van der Waals surface area contributed by atoms with Crippen molar-refractivity contribution in [1.29, 1.82) is 0 Å². The summed E-state index contributed by atoms with van der Waals surface area (Å²) in [5, 5.41) is 43.7. The zero-order chi connectivity index (χ0) is 41.0. The Bertz CT molecular complexity index is 930. The van der Waals surface area contributed by atoms with Crippen molar-refractivity contribution in [3.05, 3.63) is 48.6 Å². The predicted molar refractivity (Wildman–Crippen MR) is 242 cm³/mol. The Balaban J connectivity index is 3.81. The molecule has 0 aromatic carbocycles. The first kappa shape index (κ1) is 54.3. The Kier molecular flexibility index (Phi) is 43.0. The number of nitrogens with one attached hydrogen (secondary N) is 1. The van der Waals surface area contributed by atoms with Gasteiger partial charge in [-0.05, 0) is 89.9 Å². The van der Waals surface area contributed by atoms with Crippen LogP contribution in [0.2, 0.25) is 0 Å². The zero-order valence-electron chi connectivity index (χ0n) is 36.9. The Hall–Kier alpha value is -1.73. The average Bonchev–Trinajstić information content (AvgIpc) is 3.20. The van der Waals surface area contributed by atoms with Gasteiger partial charge in [-0.3, -0.25) is 4.79 Å². The summed E-state index contributed by atoms with van der Waals surface area (Å²) in [5.74, 6) is -0.605. The summed E-state index contributed by atoms with van der Waals surface area (Å²) in [7, 11) is 0. The summed E-state index contributed by atoms with van der Waals surface area (Å²) < 4.78 is 0. The van der Waals surface area contributed by atoms with E-state index in [1.165, 1.54) is 135 Å². The summed E-state index contributed by atoms with van der Waals surface area (Å²) in [6, 6.07) is -1.01. The molecule has 4 unspecified atom stereocenters. The van der Waals surface area contributed by atoms with E-state index < -0.39 is 36.9 Å². The molecule has 0 heterocycles. The Labute approximate surface area is 347 Å². The van der Waals surface area contributed by atoms with Crippen LogP contribution < -0.4 is 5.32 Å². The summed E-state index contributed by atoms with van der Waals surface area (Å²) in [6.45, 7) is 4.03. The third-order valence-electron chi connectivity index (χ3n) is 11.0. The second-order valence-electron chi connectivity index (χ2n) is 16.4. The molecular formula is C50H93NO5. The standard InChI is InChI=1S/C50H93NO5/c1-3-5-7-9-11-13-15-17-19-21-23-24-25-26-28-29-31-33-35-37-39-41-43-47(53)49(55)46(45-52)51-50(56)48(54)44-42-40-38-36-34-32-30-27-22-20-18-16-14-12-10-8-6-4-2/h22-24,27-29,35,37,46-49,52-55H,3-21,25-26,30-34,36,38-45H2,1-2H3,(H,51,56)/b24-23+,27-22-,29-28+,37-35+. The van der Waals surface area contributed by atoms with Crippen molar-refractivity contribution in [2.75, 3.05) is 6.61 Å². The van der Waals surface area contributed by atoms with Gasteiger partial charge in [0.05, 0.1) is 18.8 Å². The van der Waals surface area contributed by atoms with Gasteiger partial charge in [0.1, 0.15) is 12.2 Å². The molecule has 0 aromatic heterocycles. The van der Waals surface area contributed by atoms with Crippen LogP contribution in [0.25, 0.3) is 0 Å². The van der Waals surface area contributed by atoms with Crippen LogP contribution in [-0.2, 0) is 4.79 Å². The molecular weight excluding hydrogens is 695 g/mol. The Morgan fingerprint density at radius 3 is 1.12 bits per heavy atom. The van der Waals surface area contributed by atoms with E-state index >= 15 is 0 Å². The fourth-order valence-electron chi connectivity index (χ4n) is 7.14. The summed E-state index contributed by atoms with van der Waals surface area (Å²) >= 11 is 0. The van der Waals surface area contributed by atoms with Gasteiger partial charge in [-0.2, -0.15) is 0 Å². The van der Waals surface area contributed by atoms with E-state index in [0.29, 0.717) is 19.3 Å². The molecule has 6 heteroatoms. The minimum Gasteiger partial charge on any atom is -0.394 e. The molecule has 6 nitrogen and oxygen atoms in total. The Morgan fingerprint density at radius 2 is 0.750 bits per heavy atom. The first-order valence-corrected chi connectivity index (χ1v) is 24.0. The van der Waals surface area contributed by atoms with E-state index in [9.17, 15) is 25.2 Å². The molecule has 0 fully saturated rings. The largest absolute Gasteiger partial charge is 0.394 e. The maximum absolute atomic E-state index is 12.5. The Morgan fingerprint density at radius 1 is 0.429 bits per heavy atom. The van der Waals surface area contributed by atoms with Gasteiger partial charge in [0.15, 0.2) is 0 Å². The molecule has 328 valence electrons. The van der Waals surface area contributed by atoms with Gasteiger partial charge in [-0.15, -0.1) is 0 Å². The van der Waals surface area contributed by atoms with Gasteiger partial charge in [0.2, 0.25) is 5.91 Å². The van der Waals surface area contributed by atoms with Crippen molar-refractivity contribution in [3.8, 4) is 0 Å². The number of allylic oxidation sites excluding steroid dienone is 8. The molecule has 0 bridgehead atoms. The topological polar surface area (TPSA) is 110 Å². The number of unbranched alkanes of at least 4 members (excludes halogenated alkanes) is 26. The van der Waals surface area contributed by atoms with Crippen molar-refractivity contribution in [3.63, 3.8) is 0 Å². The van der Waals surface area contributed by atoms with Crippen molar-refractivity contribution in [2.24, 2.45) is 0 Å². The number of carbonyl (C=O) groups excluding carboxylic acids is 1. The van der Waals surface area contributed by atoms with Crippen molar-refractivity contribution in [2.45, 2.75) is 257 Å². The van der Waals surface area contributed by atoms with E-state index in [-0.39, 0.29) is 0 Å². The molecule has 56 heavy (non-hydrogen) atoms. The van der Waals surface area contributed by atoms with Gasteiger partial charge in [-0.25, -0.2) is 0 Å². The molecule has 0 radical (unpaired) electrons. The second-order valence-corrected chi connectivity index (χ2v) is 16.4. The highest BCUT2D eigenvalue weighted by molar-refractivity contribution is 5.80. The van der Waals surface area contributed by atoms with Crippen LogP contribution in [0.5, 0.6) is 0 Å². The van der Waals surface area contributed by atoms with Crippen LogP contribution in [0.3, 0.4) is 0 Å². The molecule has 0 aromatic rings. The fourth-order valence-corrected chi connectivity index (χ4v) is 7.14. The van der Waals surface area contributed by atoms with Gasteiger partial charge in [0.25, 0.3) is 0 Å². The smallest absolute Gasteiger partial charge is 0.249 e. The lowest BCUT2D eigenvalue weighted by Crippen LogP contribution is -2.53. The lowest BCUT2D eigenvalue weighted by atomic mass is 10.00. The van der Waals surface area contributed by atoms with E-state index in [2.05, 4.69) is 67.8 Å². The molecule has 4 atom stereocenters. The molecule has 0 rings (SSSR count). The first-order valence-electron chi connectivity index (χ1n) is 24.0. The van der Waals surface area contributed by atoms with Crippen LogP contribution in [0.1, 0.15) is 232 Å². The lowest BCUT2D eigenvalue weighted by molar-refractivity contribution is -0.132. The van der Waals surface area contributed by atoms with E-state index in [4.69, 9.17) is 0 Å². The average molecular weight is 788 g/mol. The summed E-state index contributed by atoms with van der Waals surface area (Å²) in [4.78, 5) is 12.5. The third-order valence-corrected chi connectivity index (χ3v) is 11.0. The number of rotatable bonds is 43. The maximum Gasteiger partial charge on any atom is 0.249 e. The monoisotopic (exact) mass is 788 g/mol. The van der Waals surface area contributed by atoms with Gasteiger partial charge in [0, 0.05) is 0 Å². The quantitative estimate of drug-likeness (QED) is 0.0312. The highest BCUT2D eigenvalue weighted by atomic mass is 16.3. The number of aliphatic hydroxyl groups excluding tert-OH is 4. The van der Waals surface area contributed by atoms with Crippen LogP contribution in [0.15, 0.2) is 48.6 Å². The molecule has 0 spiro atoms. The number of hydrogen-bond donors (Lipinski definition) is 5. The number of carbonyl (C=O) groups is 1. The van der Waals surface area contributed by atoms with Crippen LogP contribution in [0.4, 0.5) is 0 Å². The first-order chi connectivity index (χ1) is 27.5. The van der Waals surface area contributed by atoms with Gasteiger partial charge < -0.3 is 25.7 Å². The highest BCUT2D eigenvalue weighted by Gasteiger charge is 2.28. The SMILES string of the molecule is CCCCCCCCCC/C=C\CCCCCCCCC(O)C(=O)NC(CO)C(O)C(O)CCC/C=C/CC/C=C/CC/C=C/CCCCCCCCCCC. The van der Waals surface area contributed by atoms with Crippen molar-refractivity contribution < 1.29 is 25.2 Å². The second kappa shape index (κ2) is 44.4. The van der Waals surface area contributed by atoms with Crippen LogP contribution in [0, 0.1) is 0 Å². The molecule has 0 aliphatic carbocycles. The number of amides is 1. The van der Waals surface area contributed by atoms with Crippen molar-refractivity contribution in [1.82, 2.24) is 5.32 Å². The summed E-state index contributed by atoms with van der Waals surface area (Å²) in [6.07, 6.45) is 54.3. The molecule has 0 saturated carbocycles. The lowest BCUT2D eigenvalue weighted by Gasteiger charge is -2.27. The van der Waals surface area contributed by atoms with Crippen molar-refractivity contribution >= 4 is 5.91 Å². The highest BCUT2D eigenvalue weighted by Crippen LogP contribution is 2.15. The molecule has 0 saturated heterocycles. The minimum atomic E-state index is -1.30. The normalized spacial score (nSPS) is 14.5. The van der Waals surface area contributed by atoms with E-state index in [0.717, 1.165) is 64.2 Å². The van der Waals surface area contributed by atoms with E-state index in [1.54, 1.807) is 0 Å². The summed E-state index contributed by atoms with van der Waals surface area (Å²) in [5.41, 5.74) is 0. The molecule has 0 aliphatic heterocycles. The fraction of sp³-hybridized carbons (Fsp3) is 0.820. The predicted octanol–water partition coefficient (Wildman–Crippen LogP) is 13.1. The van der Waals surface area contributed by atoms with Crippen LogP contribution >= 0.6 is 0 Å². The maximum atomic E-state index is 12.5. The molecule has 0 aliphatic rings. The third kappa shape index (κ3) is 37.8. The molecule has 1 amide bonds. The van der Waals surface area contributed by atoms with E-state index in [1.807, 2.05) is 0 Å². The number of aliphatic hydroxyl groups is 4. The van der Waals surface area contributed by atoms with Gasteiger partial charge >= 0.3 is 0 Å². The van der Waals surface area contributed by atoms with Gasteiger partial charge in [-0.1, -0.05) is 191 Å². The molecule has 5 N–H and O–H groups in total. The zero-order valence-corrected chi connectivity index (χ0v) is 36.9. The number of hydrogen-bond acceptors (Lipinski definition) is 5.